The van der Waals surface area contributed by atoms with E-state index in [0.717, 1.165) is 24.3 Å². The zero-order valence-electron chi connectivity index (χ0n) is 13.5. The molecule has 0 aromatic heterocycles. The van der Waals surface area contributed by atoms with Crippen molar-refractivity contribution >= 4 is 27.9 Å². The van der Waals surface area contributed by atoms with Crippen LogP contribution in [0.3, 0.4) is 0 Å². The van der Waals surface area contributed by atoms with Crippen molar-refractivity contribution in [3.05, 3.63) is 30.1 Å². The molecule has 1 atom stereocenters. The lowest BCUT2D eigenvalue weighted by Crippen LogP contribution is -2.43. The third kappa shape index (κ3) is 6.85. The third-order valence-corrected chi connectivity index (χ3v) is 4.30. The minimum Gasteiger partial charge on any atom is -0.454 e. The fraction of sp³-hybridized carbons (Fsp3) is 0.357. The Labute approximate surface area is 144 Å². The number of carbonyl (C=O) groups is 3. The molecule has 138 valence electrons. The predicted molar refractivity (Wildman–Crippen MR) is 84.4 cm³/mol. The Morgan fingerprint density at radius 1 is 1.20 bits per heavy atom. The van der Waals surface area contributed by atoms with Crippen molar-refractivity contribution in [3.63, 3.8) is 0 Å². The Hall–Kier alpha value is -2.53. The van der Waals surface area contributed by atoms with Gasteiger partial charge < -0.3 is 10.1 Å². The van der Waals surface area contributed by atoms with E-state index < -0.39 is 46.4 Å². The molecule has 1 aromatic carbocycles. The molecule has 1 rings (SSSR count). The summed E-state index contributed by atoms with van der Waals surface area (Å²) in [4.78, 5) is 34.0. The number of benzene rings is 1. The van der Waals surface area contributed by atoms with Crippen LogP contribution in [0.1, 0.15) is 13.8 Å². The number of amides is 3. The van der Waals surface area contributed by atoms with Gasteiger partial charge in [0.1, 0.15) is 11.9 Å². The molecule has 0 radical (unpaired) electrons. The van der Waals surface area contributed by atoms with E-state index in [1.54, 1.807) is 6.92 Å². The SMILES string of the molecule is CCNC(=O)NC(=O)COC(=O)[C@H](C)NS(=O)(=O)c1ccc(F)cc1. The molecule has 9 nitrogen and oxygen atoms in total. The van der Waals surface area contributed by atoms with E-state index in [-0.39, 0.29) is 4.90 Å². The quantitative estimate of drug-likeness (QED) is 0.570. The number of rotatable bonds is 7. The van der Waals surface area contributed by atoms with Gasteiger partial charge in [-0.15, -0.1) is 0 Å². The number of sulfonamides is 1. The number of nitrogens with one attached hydrogen (secondary N) is 3. The number of carbonyl (C=O) groups excluding carboxylic acids is 3. The Bertz CT molecular complexity index is 735. The number of esters is 1. The van der Waals surface area contributed by atoms with E-state index >= 15 is 0 Å². The summed E-state index contributed by atoms with van der Waals surface area (Å²) in [5.74, 6) is -2.49. The predicted octanol–water partition coefficient (Wildman–Crippen LogP) is -0.119. The number of hydrogen-bond acceptors (Lipinski definition) is 6. The van der Waals surface area contributed by atoms with Crippen molar-refractivity contribution in [1.29, 1.82) is 0 Å². The highest BCUT2D eigenvalue weighted by Gasteiger charge is 2.24. The van der Waals surface area contributed by atoms with Crippen molar-refractivity contribution in [2.45, 2.75) is 24.8 Å². The number of imide groups is 1. The Balaban J connectivity index is 2.55. The summed E-state index contributed by atoms with van der Waals surface area (Å²) >= 11 is 0. The Morgan fingerprint density at radius 2 is 1.80 bits per heavy atom. The lowest BCUT2D eigenvalue weighted by Gasteiger charge is -2.13. The maximum Gasteiger partial charge on any atom is 0.324 e. The first-order chi connectivity index (χ1) is 11.7. The molecule has 0 saturated carbocycles. The molecule has 0 heterocycles. The lowest BCUT2D eigenvalue weighted by molar-refractivity contribution is -0.149. The van der Waals surface area contributed by atoms with Crippen LogP contribution in [0, 0.1) is 5.82 Å². The zero-order chi connectivity index (χ0) is 19.0. The summed E-state index contributed by atoms with van der Waals surface area (Å²) < 4.78 is 43.6. The topological polar surface area (TPSA) is 131 Å². The molecule has 0 aliphatic rings. The number of ether oxygens (including phenoxy) is 1. The molecule has 0 bridgehead atoms. The first kappa shape index (κ1) is 20.5. The van der Waals surface area contributed by atoms with Crippen LogP contribution in [0.5, 0.6) is 0 Å². The van der Waals surface area contributed by atoms with Gasteiger partial charge in [0.2, 0.25) is 10.0 Å². The van der Waals surface area contributed by atoms with E-state index in [0.29, 0.717) is 6.54 Å². The average molecular weight is 375 g/mol. The number of urea groups is 1. The van der Waals surface area contributed by atoms with Gasteiger partial charge in [0, 0.05) is 6.54 Å². The molecule has 0 aliphatic carbocycles. The van der Waals surface area contributed by atoms with Crippen molar-refractivity contribution < 1.29 is 31.9 Å². The minimum atomic E-state index is -4.07. The van der Waals surface area contributed by atoms with E-state index in [4.69, 9.17) is 0 Å². The Kier molecular flexibility index (Phi) is 7.45. The lowest BCUT2D eigenvalue weighted by atomic mass is 10.4. The molecule has 3 N–H and O–H groups in total. The summed E-state index contributed by atoms with van der Waals surface area (Å²) in [6.45, 7) is 2.42. The van der Waals surface area contributed by atoms with Crippen LogP contribution in [-0.4, -0.2) is 45.5 Å². The van der Waals surface area contributed by atoms with Crippen LogP contribution in [0.15, 0.2) is 29.2 Å². The van der Waals surface area contributed by atoms with Gasteiger partial charge >= 0.3 is 12.0 Å². The van der Waals surface area contributed by atoms with Gasteiger partial charge in [-0.1, -0.05) is 0 Å². The molecule has 0 aliphatic heterocycles. The van der Waals surface area contributed by atoms with Crippen LogP contribution in [0.2, 0.25) is 0 Å². The Morgan fingerprint density at radius 3 is 2.36 bits per heavy atom. The molecular formula is C14H18FN3O6S. The monoisotopic (exact) mass is 375 g/mol. The zero-order valence-corrected chi connectivity index (χ0v) is 14.4. The van der Waals surface area contributed by atoms with Gasteiger partial charge in [-0.05, 0) is 38.1 Å². The molecule has 11 heteroatoms. The largest absolute Gasteiger partial charge is 0.454 e. The van der Waals surface area contributed by atoms with E-state index in [2.05, 4.69) is 10.1 Å². The summed E-state index contributed by atoms with van der Waals surface area (Å²) in [5.41, 5.74) is 0. The summed E-state index contributed by atoms with van der Waals surface area (Å²) in [6.07, 6.45) is 0. The first-order valence-electron chi connectivity index (χ1n) is 7.18. The number of hydrogen-bond donors (Lipinski definition) is 3. The van der Waals surface area contributed by atoms with Gasteiger partial charge in [0.25, 0.3) is 5.91 Å². The van der Waals surface area contributed by atoms with Crippen LogP contribution >= 0.6 is 0 Å². The maximum absolute atomic E-state index is 12.8. The molecule has 0 unspecified atom stereocenters. The van der Waals surface area contributed by atoms with Crippen LogP contribution in [-0.2, 0) is 24.3 Å². The second-order valence-corrected chi connectivity index (χ2v) is 6.53. The van der Waals surface area contributed by atoms with Gasteiger partial charge in [-0.3, -0.25) is 14.9 Å². The molecule has 0 fully saturated rings. The van der Waals surface area contributed by atoms with Crippen molar-refractivity contribution in [3.8, 4) is 0 Å². The summed E-state index contributed by atoms with van der Waals surface area (Å²) in [6, 6.07) is 1.96. The molecule has 0 spiro atoms. The average Bonchev–Trinajstić information content (AvgIpc) is 2.52. The first-order valence-corrected chi connectivity index (χ1v) is 8.66. The van der Waals surface area contributed by atoms with Crippen LogP contribution in [0.25, 0.3) is 0 Å². The van der Waals surface area contributed by atoms with Crippen molar-refractivity contribution in [2.75, 3.05) is 13.2 Å². The molecular weight excluding hydrogens is 357 g/mol. The molecule has 3 amide bonds. The van der Waals surface area contributed by atoms with Crippen LogP contribution in [0.4, 0.5) is 9.18 Å². The standard InChI is InChI=1S/C14H18FN3O6S/c1-3-16-14(21)17-12(19)8-24-13(20)9(2)18-25(22,23)11-6-4-10(15)5-7-11/h4-7,9,18H,3,8H2,1-2H3,(H2,16,17,19,21)/t9-/m0/s1. The summed E-state index contributed by atoms with van der Waals surface area (Å²) in [5, 5.41) is 4.22. The second kappa shape index (κ2) is 9.08. The normalized spacial score (nSPS) is 12.1. The third-order valence-electron chi connectivity index (χ3n) is 2.75. The van der Waals surface area contributed by atoms with Crippen LogP contribution < -0.4 is 15.4 Å². The molecule has 25 heavy (non-hydrogen) atoms. The van der Waals surface area contributed by atoms with Gasteiger partial charge in [-0.25, -0.2) is 17.6 Å². The van der Waals surface area contributed by atoms with E-state index in [1.807, 2.05) is 10.0 Å². The van der Waals surface area contributed by atoms with E-state index in [9.17, 15) is 27.2 Å². The molecule has 1 aromatic rings. The fourth-order valence-corrected chi connectivity index (χ4v) is 2.78. The smallest absolute Gasteiger partial charge is 0.324 e. The highest BCUT2D eigenvalue weighted by atomic mass is 32.2. The minimum absolute atomic E-state index is 0.234. The number of halogens is 1. The van der Waals surface area contributed by atoms with Gasteiger partial charge in [0.15, 0.2) is 6.61 Å². The maximum atomic E-state index is 12.8. The van der Waals surface area contributed by atoms with Gasteiger partial charge in [0.05, 0.1) is 4.90 Å². The van der Waals surface area contributed by atoms with Crippen molar-refractivity contribution in [1.82, 2.24) is 15.4 Å². The molecule has 0 saturated heterocycles. The fourth-order valence-electron chi connectivity index (χ4n) is 1.59. The second-order valence-electron chi connectivity index (χ2n) is 4.81. The highest BCUT2D eigenvalue weighted by Crippen LogP contribution is 2.10. The van der Waals surface area contributed by atoms with Crippen molar-refractivity contribution in [2.24, 2.45) is 0 Å². The van der Waals surface area contributed by atoms with Gasteiger partial charge in [-0.2, -0.15) is 4.72 Å². The van der Waals surface area contributed by atoms with E-state index in [1.165, 1.54) is 6.92 Å². The summed E-state index contributed by atoms with van der Waals surface area (Å²) in [7, 11) is -4.07. The highest BCUT2D eigenvalue weighted by molar-refractivity contribution is 7.89.